The first-order chi connectivity index (χ1) is 8.02. The van der Waals surface area contributed by atoms with Crippen LogP contribution in [0.25, 0.3) is 0 Å². The van der Waals surface area contributed by atoms with Crippen LogP contribution in [-0.4, -0.2) is 28.6 Å². The van der Waals surface area contributed by atoms with E-state index < -0.39 is 11.8 Å². The lowest BCUT2D eigenvalue weighted by Crippen LogP contribution is -2.45. The molecule has 2 unspecified atom stereocenters. The summed E-state index contributed by atoms with van der Waals surface area (Å²) >= 11 is 0. The SMILES string of the molecule is CC(=O)N1CCC2(O)c3ccc(F)cc3NC12. The minimum Gasteiger partial charge on any atom is -0.381 e. The number of carbonyl (C=O) groups is 1. The molecule has 3 rings (SSSR count). The van der Waals surface area contributed by atoms with Gasteiger partial charge in [-0.1, -0.05) is 6.07 Å². The second-order valence-electron chi connectivity index (χ2n) is 4.62. The molecule has 0 spiro atoms. The molecule has 0 radical (unpaired) electrons. The number of likely N-dealkylation sites (tertiary alicyclic amines) is 1. The van der Waals surface area contributed by atoms with Crippen LogP contribution in [0.4, 0.5) is 10.1 Å². The van der Waals surface area contributed by atoms with Crippen LogP contribution in [0.15, 0.2) is 18.2 Å². The highest BCUT2D eigenvalue weighted by atomic mass is 19.1. The van der Waals surface area contributed by atoms with Gasteiger partial charge in [0, 0.05) is 31.1 Å². The summed E-state index contributed by atoms with van der Waals surface area (Å²) in [5.41, 5.74) is 0.158. The van der Waals surface area contributed by atoms with Gasteiger partial charge < -0.3 is 15.3 Å². The van der Waals surface area contributed by atoms with Crippen molar-refractivity contribution in [1.29, 1.82) is 0 Å². The Balaban J connectivity index is 2.06. The summed E-state index contributed by atoms with van der Waals surface area (Å²) in [6, 6.07) is 4.27. The van der Waals surface area contributed by atoms with Crippen molar-refractivity contribution in [2.24, 2.45) is 0 Å². The molecular weight excluding hydrogens is 223 g/mol. The Kier molecular flexibility index (Phi) is 1.98. The monoisotopic (exact) mass is 236 g/mol. The number of carbonyl (C=O) groups excluding carboxylic acids is 1. The highest BCUT2D eigenvalue weighted by molar-refractivity contribution is 5.76. The second-order valence-corrected chi connectivity index (χ2v) is 4.62. The van der Waals surface area contributed by atoms with Gasteiger partial charge in [0.1, 0.15) is 17.6 Å². The third-order valence-electron chi connectivity index (χ3n) is 3.64. The van der Waals surface area contributed by atoms with Gasteiger partial charge in [0.2, 0.25) is 5.91 Å². The van der Waals surface area contributed by atoms with Crippen LogP contribution in [0.5, 0.6) is 0 Å². The lowest BCUT2D eigenvalue weighted by Gasteiger charge is -2.27. The number of hydrogen-bond acceptors (Lipinski definition) is 3. The zero-order valence-electron chi connectivity index (χ0n) is 9.40. The number of halogens is 1. The van der Waals surface area contributed by atoms with Crippen LogP contribution in [0.2, 0.25) is 0 Å². The molecule has 2 heterocycles. The number of benzene rings is 1. The van der Waals surface area contributed by atoms with Gasteiger partial charge in [0.15, 0.2) is 0 Å². The molecule has 5 heteroatoms. The Morgan fingerprint density at radius 3 is 3.12 bits per heavy atom. The van der Waals surface area contributed by atoms with Crippen molar-refractivity contribution in [3.05, 3.63) is 29.6 Å². The minimum atomic E-state index is -1.09. The topological polar surface area (TPSA) is 52.6 Å². The number of hydrogen-bond donors (Lipinski definition) is 2. The van der Waals surface area contributed by atoms with E-state index in [4.69, 9.17) is 0 Å². The van der Waals surface area contributed by atoms with Crippen LogP contribution in [0, 0.1) is 5.82 Å². The van der Waals surface area contributed by atoms with E-state index in [0.717, 1.165) is 0 Å². The van der Waals surface area contributed by atoms with Gasteiger partial charge in [-0.05, 0) is 12.1 Å². The lowest BCUT2D eigenvalue weighted by molar-refractivity contribution is -0.131. The molecule has 2 aliphatic rings. The average molecular weight is 236 g/mol. The second kappa shape index (κ2) is 3.20. The Bertz CT molecular complexity index is 505. The summed E-state index contributed by atoms with van der Waals surface area (Å²) in [5.74, 6) is -0.444. The Hall–Kier alpha value is -1.62. The average Bonchev–Trinajstić information content (AvgIpc) is 2.69. The van der Waals surface area contributed by atoms with Crippen LogP contribution < -0.4 is 5.32 Å². The standard InChI is InChI=1S/C12H13FN2O2/c1-7(16)15-5-4-12(17)9-3-2-8(13)6-10(9)14-11(12)15/h2-3,6,11,14,17H,4-5H2,1H3. The molecule has 17 heavy (non-hydrogen) atoms. The molecule has 1 saturated heterocycles. The van der Waals surface area contributed by atoms with E-state index >= 15 is 0 Å². The van der Waals surface area contributed by atoms with Crippen LogP contribution in [0.3, 0.4) is 0 Å². The molecule has 1 amide bonds. The number of fused-ring (bicyclic) bond motifs is 3. The number of anilines is 1. The summed E-state index contributed by atoms with van der Waals surface area (Å²) in [7, 11) is 0. The zero-order valence-corrected chi connectivity index (χ0v) is 9.40. The molecule has 1 aromatic rings. The zero-order chi connectivity index (χ0) is 12.2. The third kappa shape index (κ3) is 1.29. The first kappa shape index (κ1) is 10.5. The van der Waals surface area contributed by atoms with Crippen molar-refractivity contribution in [3.63, 3.8) is 0 Å². The smallest absolute Gasteiger partial charge is 0.221 e. The normalized spacial score (nSPS) is 29.8. The van der Waals surface area contributed by atoms with Crippen molar-refractivity contribution in [1.82, 2.24) is 4.90 Å². The van der Waals surface area contributed by atoms with Gasteiger partial charge in [-0.3, -0.25) is 4.79 Å². The van der Waals surface area contributed by atoms with Gasteiger partial charge in [-0.2, -0.15) is 0 Å². The highest BCUT2D eigenvalue weighted by Crippen LogP contribution is 2.46. The fraction of sp³-hybridized carbons (Fsp3) is 0.417. The number of aliphatic hydroxyl groups is 1. The summed E-state index contributed by atoms with van der Waals surface area (Å²) in [6.07, 6.45) is -0.000107. The van der Waals surface area contributed by atoms with Crippen LogP contribution in [0.1, 0.15) is 18.9 Å². The first-order valence-electron chi connectivity index (χ1n) is 5.58. The molecule has 0 aromatic heterocycles. The lowest BCUT2D eigenvalue weighted by atomic mass is 9.93. The molecule has 1 aromatic carbocycles. The summed E-state index contributed by atoms with van der Waals surface area (Å²) in [6.45, 7) is 1.98. The highest BCUT2D eigenvalue weighted by Gasteiger charge is 2.53. The number of nitrogens with one attached hydrogen (secondary N) is 1. The molecular formula is C12H13FN2O2. The quantitative estimate of drug-likeness (QED) is 0.707. The maximum absolute atomic E-state index is 13.1. The summed E-state index contributed by atoms with van der Waals surface area (Å²) in [5, 5.41) is 13.6. The van der Waals surface area contributed by atoms with E-state index in [-0.39, 0.29) is 11.7 Å². The van der Waals surface area contributed by atoms with E-state index in [9.17, 15) is 14.3 Å². The Morgan fingerprint density at radius 2 is 2.41 bits per heavy atom. The third-order valence-corrected chi connectivity index (χ3v) is 3.64. The fourth-order valence-corrected chi connectivity index (χ4v) is 2.79. The van der Waals surface area contributed by atoms with Crippen LogP contribution >= 0.6 is 0 Å². The molecule has 2 atom stereocenters. The molecule has 90 valence electrons. The van der Waals surface area contributed by atoms with E-state index in [1.54, 1.807) is 11.0 Å². The molecule has 2 N–H and O–H groups in total. The fourth-order valence-electron chi connectivity index (χ4n) is 2.79. The van der Waals surface area contributed by atoms with E-state index in [1.165, 1.54) is 19.1 Å². The molecule has 2 aliphatic heterocycles. The number of rotatable bonds is 0. The number of nitrogens with zero attached hydrogens (tertiary/aromatic N) is 1. The predicted molar refractivity (Wildman–Crippen MR) is 59.7 cm³/mol. The van der Waals surface area contributed by atoms with Crippen molar-refractivity contribution in [2.45, 2.75) is 25.1 Å². The maximum atomic E-state index is 13.1. The maximum Gasteiger partial charge on any atom is 0.221 e. The molecule has 1 fully saturated rings. The van der Waals surface area contributed by atoms with E-state index in [1.807, 2.05) is 0 Å². The van der Waals surface area contributed by atoms with Crippen molar-refractivity contribution in [3.8, 4) is 0 Å². The molecule has 0 aliphatic carbocycles. The van der Waals surface area contributed by atoms with Gasteiger partial charge in [-0.15, -0.1) is 0 Å². The Morgan fingerprint density at radius 1 is 1.65 bits per heavy atom. The van der Waals surface area contributed by atoms with Crippen molar-refractivity contribution in [2.75, 3.05) is 11.9 Å². The Labute approximate surface area is 98.0 Å². The van der Waals surface area contributed by atoms with E-state index in [0.29, 0.717) is 24.2 Å². The molecule has 4 nitrogen and oxygen atoms in total. The van der Waals surface area contributed by atoms with Crippen molar-refractivity contribution >= 4 is 11.6 Å². The minimum absolute atomic E-state index is 0.0910. The van der Waals surface area contributed by atoms with Gasteiger partial charge in [0.05, 0.1) is 0 Å². The summed E-state index contributed by atoms with van der Waals surface area (Å²) in [4.78, 5) is 13.0. The van der Waals surface area contributed by atoms with Gasteiger partial charge >= 0.3 is 0 Å². The largest absolute Gasteiger partial charge is 0.381 e. The van der Waals surface area contributed by atoms with E-state index in [2.05, 4.69) is 5.32 Å². The van der Waals surface area contributed by atoms with Gasteiger partial charge in [0.25, 0.3) is 0 Å². The number of amides is 1. The molecule has 0 saturated carbocycles. The molecule has 0 bridgehead atoms. The van der Waals surface area contributed by atoms with Crippen LogP contribution in [-0.2, 0) is 10.4 Å². The van der Waals surface area contributed by atoms with Crippen molar-refractivity contribution < 1.29 is 14.3 Å². The van der Waals surface area contributed by atoms with Gasteiger partial charge in [-0.25, -0.2) is 4.39 Å². The summed E-state index contributed by atoms with van der Waals surface area (Å²) < 4.78 is 13.1. The predicted octanol–water partition coefficient (Wildman–Crippen LogP) is 1.02. The first-order valence-corrected chi connectivity index (χ1v) is 5.58.